The zero-order valence-corrected chi connectivity index (χ0v) is 20.6. The van der Waals surface area contributed by atoms with Gasteiger partial charge in [0.1, 0.15) is 5.82 Å². The Hall–Kier alpha value is -3.07. The minimum absolute atomic E-state index is 0.00346. The molecule has 1 saturated heterocycles. The lowest BCUT2D eigenvalue weighted by atomic mass is 9.92. The molecule has 2 aromatic rings. The molecule has 1 aliphatic heterocycles. The maximum atomic E-state index is 14.3. The molecule has 2 unspecified atom stereocenters. The zero-order valence-electron chi connectivity index (χ0n) is 19.8. The lowest BCUT2D eigenvalue weighted by molar-refractivity contribution is -0.134. The van der Waals surface area contributed by atoms with E-state index in [2.05, 4.69) is 17.2 Å². The Morgan fingerprint density at radius 3 is 2.76 bits per heavy atom. The van der Waals surface area contributed by atoms with Crippen LogP contribution in [0.15, 0.2) is 35.7 Å². The van der Waals surface area contributed by atoms with Crippen molar-refractivity contribution in [1.29, 1.82) is 0 Å². The van der Waals surface area contributed by atoms with E-state index in [-0.39, 0.29) is 35.4 Å². The number of benzene rings is 1. The third kappa shape index (κ3) is 6.28. The number of nitrogens with zero attached hydrogens (tertiary/aromatic N) is 3. The van der Waals surface area contributed by atoms with Crippen LogP contribution in [0, 0.1) is 11.7 Å². The van der Waals surface area contributed by atoms with E-state index in [1.165, 1.54) is 41.4 Å². The van der Waals surface area contributed by atoms with Crippen LogP contribution in [0.3, 0.4) is 0 Å². The number of carbonyl (C=O) groups excluding carboxylic acids is 3. The minimum Gasteiger partial charge on any atom is -0.356 e. The molecule has 3 amide bonds. The van der Waals surface area contributed by atoms with Crippen molar-refractivity contribution < 1.29 is 18.8 Å². The number of anilines is 2. The summed E-state index contributed by atoms with van der Waals surface area (Å²) in [6.45, 7) is 6.45. The van der Waals surface area contributed by atoms with Crippen molar-refractivity contribution in [2.24, 2.45) is 5.92 Å². The number of unbranched alkanes of at least 4 members (excludes halogenated alkanes) is 1. The first-order valence-corrected chi connectivity index (χ1v) is 12.5. The number of thiazole rings is 1. The molecule has 1 aromatic heterocycles. The van der Waals surface area contributed by atoms with Gasteiger partial charge < -0.3 is 10.2 Å². The Morgan fingerprint density at radius 1 is 1.29 bits per heavy atom. The lowest BCUT2D eigenvalue weighted by Gasteiger charge is -2.36. The summed E-state index contributed by atoms with van der Waals surface area (Å²) in [5.41, 5.74) is 0.621. The molecule has 0 bridgehead atoms. The largest absolute Gasteiger partial charge is 0.356 e. The SMILES string of the molecule is CCCCNC(=O)C1CCC(C)N(C(=O)C=Cc2csc(N(C(C)=O)c3ccccc3F)n2)C1. The van der Waals surface area contributed by atoms with E-state index in [0.29, 0.717) is 23.9 Å². The molecule has 34 heavy (non-hydrogen) atoms. The molecule has 1 aliphatic rings. The average molecular weight is 487 g/mol. The second kappa shape index (κ2) is 11.9. The Kier molecular flexibility index (Phi) is 8.92. The van der Waals surface area contributed by atoms with Gasteiger partial charge >= 0.3 is 0 Å². The maximum Gasteiger partial charge on any atom is 0.246 e. The molecule has 3 rings (SSSR count). The monoisotopic (exact) mass is 486 g/mol. The molecule has 1 N–H and O–H groups in total. The number of para-hydroxylation sites is 1. The van der Waals surface area contributed by atoms with Crippen LogP contribution in [0.1, 0.15) is 52.1 Å². The second-order valence-corrected chi connectivity index (χ2v) is 9.29. The van der Waals surface area contributed by atoms with Crippen LogP contribution in [0.4, 0.5) is 15.2 Å². The van der Waals surface area contributed by atoms with Gasteiger partial charge in [0, 0.05) is 37.5 Å². The van der Waals surface area contributed by atoms with Gasteiger partial charge in [0.15, 0.2) is 5.13 Å². The van der Waals surface area contributed by atoms with E-state index >= 15 is 0 Å². The van der Waals surface area contributed by atoms with Crippen molar-refractivity contribution >= 4 is 46.0 Å². The molecule has 0 spiro atoms. The molecule has 182 valence electrons. The first-order chi connectivity index (χ1) is 16.3. The van der Waals surface area contributed by atoms with Gasteiger partial charge in [0.25, 0.3) is 0 Å². The van der Waals surface area contributed by atoms with Crippen molar-refractivity contribution in [3.63, 3.8) is 0 Å². The molecular formula is C25H31FN4O3S. The van der Waals surface area contributed by atoms with Gasteiger partial charge in [0.2, 0.25) is 17.7 Å². The number of hydrogen-bond acceptors (Lipinski definition) is 5. The fraction of sp³-hybridized carbons (Fsp3) is 0.440. The fourth-order valence-electron chi connectivity index (χ4n) is 3.91. The molecule has 2 atom stereocenters. The molecule has 7 nitrogen and oxygen atoms in total. The first-order valence-electron chi connectivity index (χ1n) is 11.6. The van der Waals surface area contributed by atoms with Gasteiger partial charge in [-0.05, 0) is 44.4 Å². The summed E-state index contributed by atoms with van der Waals surface area (Å²) in [5, 5.41) is 4.99. The van der Waals surface area contributed by atoms with Crippen LogP contribution >= 0.6 is 11.3 Å². The van der Waals surface area contributed by atoms with Gasteiger partial charge in [-0.2, -0.15) is 0 Å². The molecule has 0 aliphatic carbocycles. The Morgan fingerprint density at radius 2 is 2.06 bits per heavy atom. The summed E-state index contributed by atoms with van der Waals surface area (Å²) in [5.74, 6) is -1.28. The van der Waals surface area contributed by atoms with Gasteiger partial charge in [-0.1, -0.05) is 25.5 Å². The molecular weight excluding hydrogens is 455 g/mol. The van der Waals surface area contributed by atoms with Crippen LogP contribution < -0.4 is 10.2 Å². The van der Waals surface area contributed by atoms with Crippen LogP contribution in [0.2, 0.25) is 0 Å². The predicted octanol–water partition coefficient (Wildman–Crippen LogP) is 4.52. The van der Waals surface area contributed by atoms with E-state index in [4.69, 9.17) is 0 Å². The van der Waals surface area contributed by atoms with E-state index < -0.39 is 5.82 Å². The number of nitrogens with one attached hydrogen (secondary N) is 1. The summed E-state index contributed by atoms with van der Waals surface area (Å²) in [6, 6.07) is 6.05. The van der Waals surface area contributed by atoms with Crippen LogP contribution in [0.5, 0.6) is 0 Å². The maximum absolute atomic E-state index is 14.3. The molecule has 0 radical (unpaired) electrons. The van der Waals surface area contributed by atoms with Crippen molar-refractivity contribution in [3.8, 4) is 0 Å². The predicted molar refractivity (Wildman–Crippen MR) is 132 cm³/mol. The van der Waals surface area contributed by atoms with E-state index in [9.17, 15) is 18.8 Å². The molecule has 9 heteroatoms. The summed E-state index contributed by atoms with van der Waals surface area (Å²) >= 11 is 1.19. The molecule has 0 saturated carbocycles. The summed E-state index contributed by atoms with van der Waals surface area (Å²) in [6.07, 6.45) is 6.50. The number of rotatable bonds is 8. The van der Waals surface area contributed by atoms with Crippen LogP contribution in [-0.2, 0) is 14.4 Å². The number of aromatic nitrogens is 1. The van der Waals surface area contributed by atoms with Crippen molar-refractivity contribution in [1.82, 2.24) is 15.2 Å². The summed E-state index contributed by atoms with van der Waals surface area (Å²) < 4.78 is 14.3. The van der Waals surface area contributed by atoms with Crippen molar-refractivity contribution in [2.45, 2.75) is 52.5 Å². The Balaban J connectivity index is 1.68. The smallest absolute Gasteiger partial charge is 0.246 e. The highest BCUT2D eigenvalue weighted by molar-refractivity contribution is 7.14. The highest BCUT2D eigenvalue weighted by Crippen LogP contribution is 2.31. The number of carbonyl (C=O) groups is 3. The topological polar surface area (TPSA) is 82.6 Å². The summed E-state index contributed by atoms with van der Waals surface area (Å²) in [7, 11) is 0. The highest BCUT2D eigenvalue weighted by atomic mass is 32.1. The fourth-order valence-corrected chi connectivity index (χ4v) is 4.76. The van der Waals surface area contributed by atoms with Crippen molar-refractivity contribution in [2.75, 3.05) is 18.0 Å². The zero-order chi connectivity index (χ0) is 24.7. The van der Waals surface area contributed by atoms with Gasteiger partial charge in [-0.25, -0.2) is 9.37 Å². The Labute approximate surface area is 203 Å². The highest BCUT2D eigenvalue weighted by Gasteiger charge is 2.31. The third-order valence-corrected chi connectivity index (χ3v) is 6.72. The quantitative estimate of drug-likeness (QED) is 0.439. The third-order valence-electron chi connectivity index (χ3n) is 5.87. The number of halogens is 1. The van der Waals surface area contributed by atoms with Gasteiger partial charge in [-0.15, -0.1) is 11.3 Å². The molecule has 2 heterocycles. The van der Waals surface area contributed by atoms with Crippen LogP contribution in [0.25, 0.3) is 6.08 Å². The number of hydrogen-bond donors (Lipinski definition) is 1. The first kappa shape index (κ1) is 25.6. The number of amides is 3. The van der Waals surface area contributed by atoms with E-state index in [0.717, 1.165) is 25.7 Å². The number of piperidine rings is 1. The summed E-state index contributed by atoms with van der Waals surface area (Å²) in [4.78, 5) is 44.9. The van der Waals surface area contributed by atoms with E-state index in [1.807, 2.05) is 6.92 Å². The van der Waals surface area contributed by atoms with E-state index in [1.54, 1.807) is 28.5 Å². The van der Waals surface area contributed by atoms with Crippen molar-refractivity contribution in [3.05, 3.63) is 47.2 Å². The van der Waals surface area contributed by atoms with Crippen LogP contribution in [-0.4, -0.2) is 46.7 Å². The second-order valence-electron chi connectivity index (χ2n) is 8.45. The van der Waals surface area contributed by atoms with Gasteiger partial charge in [-0.3, -0.25) is 19.3 Å². The normalized spacial score (nSPS) is 18.2. The Bertz CT molecular complexity index is 1050. The molecule has 1 aromatic carbocycles. The standard InChI is InChI=1S/C25H31FN4O3S/c1-4-5-14-27-24(33)19-11-10-17(2)29(15-19)23(32)13-12-20-16-34-25(28-20)30(18(3)31)22-9-7-6-8-21(22)26/h6-9,12-13,16-17,19H,4-5,10-11,14-15H2,1-3H3,(H,27,33). The minimum atomic E-state index is -0.521. The van der Waals surface area contributed by atoms with Gasteiger partial charge in [0.05, 0.1) is 17.3 Å². The lowest BCUT2D eigenvalue weighted by Crippen LogP contribution is -2.49. The number of likely N-dealkylation sites (tertiary alicyclic amines) is 1. The average Bonchev–Trinajstić information content (AvgIpc) is 3.27. The molecule has 1 fully saturated rings.